The minimum Gasteiger partial charge on any atom is -0.495 e. The SMILES string of the molecule is CCOCc1cc(COC2=C(OC)C(C)N(c3noc(C)c3C)C(C)=C2)ccc1-c1ccccc1. The van der Waals surface area contributed by atoms with Crippen LogP contribution in [-0.2, 0) is 27.4 Å². The molecule has 2 aromatic carbocycles. The Morgan fingerprint density at radius 1 is 1.03 bits per heavy atom. The Morgan fingerprint density at radius 3 is 2.46 bits per heavy atom. The highest BCUT2D eigenvalue weighted by atomic mass is 16.5. The van der Waals surface area contributed by atoms with E-state index in [4.69, 9.17) is 18.7 Å². The molecule has 1 aliphatic rings. The first-order valence-electron chi connectivity index (χ1n) is 12.0. The molecule has 3 aromatic rings. The van der Waals surface area contributed by atoms with Crippen molar-refractivity contribution in [1.29, 1.82) is 0 Å². The Hall–Kier alpha value is -3.51. The zero-order chi connectivity index (χ0) is 24.9. The number of anilines is 1. The van der Waals surface area contributed by atoms with Gasteiger partial charge in [-0.15, -0.1) is 0 Å². The van der Waals surface area contributed by atoms with E-state index in [2.05, 4.69) is 59.4 Å². The van der Waals surface area contributed by atoms with Gasteiger partial charge in [-0.2, -0.15) is 0 Å². The second-order valence-electron chi connectivity index (χ2n) is 8.74. The molecule has 6 heteroatoms. The number of aryl methyl sites for hydroxylation is 1. The molecule has 0 fully saturated rings. The summed E-state index contributed by atoms with van der Waals surface area (Å²) in [5.41, 5.74) is 6.61. The van der Waals surface area contributed by atoms with Crippen molar-refractivity contribution in [2.45, 2.75) is 53.9 Å². The number of nitrogens with zero attached hydrogens (tertiary/aromatic N) is 2. The molecule has 0 amide bonds. The van der Waals surface area contributed by atoms with Crippen LogP contribution in [0.3, 0.4) is 0 Å². The van der Waals surface area contributed by atoms with E-state index >= 15 is 0 Å². The summed E-state index contributed by atoms with van der Waals surface area (Å²) in [6.45, 7) is 11.7. The van der Waals surface area contributed by atoms with Gasteiger partial charge in [0, 0.05) is 23.9 Å². The molecule has 4 rings (SSSR count). The van der Waals surface area contributed by atoms with E-state index in [9.17, 15) is 0 Å². The number of methoxy groups -OCH3 is 1. The highest BCUT2D eigenvalue weighted by Gasteiger charge is 2.32. The number of hydrogen-bond acceptors (Lipinski definition) is 6. The molecule has 2 heterocycles. The van der Waals surface area contributed by atoms with E-state index in [0.717, 1.165) is 45.5 Å². The predicted molar refractivity (Wildman–Crippen MR) is 138 cm³/mol. The molecule has 1 aromatic heterocycles. The Bertz CT molecular complexity index is 1230. The second-order valence-corrected chi connectivity index (χ2v) is 8.74. The molecule has 184 valence electrons. The Balaban J connectivity index is 1.57. The first-order valence-corrected chi connectivity index (χ1v) is 12.0. The van der Waals surface area contributed by atoms with Gasteiger partial charge in [-0.3, -0.25) is 0 Å². The lowest BCUT2D eigenvalue weighted by Crippen LogP contribution is -2.37. The van der Waals surface area contributed by atoms with Crippen molar-refractivity contribution >= 4 is 5.82 Å². The van der Waals surface area contributed by atoms with Crippen molar-refractivity contribution in [3.8, 4) is 11.1 Å². The standard InChI is InChI=1S/C29H34N2O4/c1-7-33-18-25-16-23(13-14-26(25)24-11-9-8-10-12-24)17-34-27-15-19(2)31(21(4)28(27)32-6)29-20(3)22(5)35-30-29/h8-16,21H,7,17-18H2,1-6H3. The number of allylic oxidation sites excluding steroid dienone is 2. The molecule has 6 nitrogen and oxygen atoms in total. The van der Waals surface area contributed by atoms with Crippen molar-refractivity contribution < 1.29 is 18.7 Å². The molecular formula is C29H34N2O4. The van der Waals surface area contributed by atoms with Gasteiger partial charge in [-0.05, 0) is 62.9 Å². The molecule has 0 aliphatic carbocycles. The highest BCUT2D eigenvalue weighted by molar-refractivity contribution is 5.67. The summed E-state index contributed by atoms with van der Waals surface area (Å²) in [4.78, 5) is 2.12. The predicted octanol–water partition coefficient (Wildman–Crippen LogP) is 6.68. The Kier molecular flexibility index (Phi) is 7.61. The highest BCUT2D eigenvalue weighted by Crippen LogP contribution is 2.35. The van der Waals surface area contributed by atoms with Crippen LogP contribution < -0.4 is 4.90 Å². The minimum absolute atomic E-state index is 0.0860. The van der Waals surface area contributed by atoms with Crippen LogP contribution in [0.1, 0.15) is 43.2 Å². The molecule has 1 atom stereocenters. The average molecular weight is 475 g/mol. The summed E-state index contributed by atoms with van der Waals surface area (Å²) in [6, 6.07) is 16.7. The molecular weight excluding hydrogens is 440 g/mol. The zero-order valence-corrected chi connectivity index (χ0v) is 21.4. The fraction of sp³-hybridized carbons (Fsp3) is 0.345. The van der Waals surface area contributed by atoms with Gasteiger partial charge in [0.25, 0.3) is 0 Å². The lowest BCUT2D eigenvalue weighted by molar-refractivity contribution is 0.134. The van der Waals surface area contributed by atoms with Crippen molar-refractivity contribution in [3.63, 3.8) is 0 Å². The molecule has 35 heavy (non-hydrogen) atoms. The maximum Gasteiger partial charge on any atom is 0.180 e. The Morgan fingerprint density at radius 2 is 1.80 bits per heavy atom. The summed E-state index contributed by atoms with van der Waals surface area (Å²) in [7, 11) is 1.68. The van der Waals surface area contributed by atoms with Gasteiger partial charge in [0.1, 0.15) is 12.4 Å². The smallest absolute Gasteiger partial charge is 0.180 e. The maximum atomic E-state index is 6.30. The number of hydrogen-bond donors (Lipinski definition) is 0. The fourth-order valence-electron chi connectivity index (χ4n) is 4.45. The van der Waals surface area contributed by atoms with Gasteiger partial charge in [-0.1, -0.05) is 47.6 Å². The first-order chi connectivity index (χ1) is 16.9. The number of aromatic nitrogens is 1. The van der Waals surface area contributed by atoms with Gasteiger partial charge in [0.15, 0.2) is 17.3 Å². The molecule has 0 bridgehead atoms. The second kappa shape index (κ2) is 10.8. The van der Waals surface area contributed by atoms with Crippen LogP contribution in [0.15, 0.2) is 76.3 Å². The molecule has 0 N–H and O–H groups in total. The summed E-state index contributed by atoms with van der Waals surface area (Å²) in [6.07, 6.45) is 2.00. The lowest BCUT2D eigenvalue weighted by atomic mass is 9.98. The largest absolute Gasteiger partial charge is 0.495 e. The third kappa shape index (κ3) is 5.13. The first kappa shape index (κ1) is 24.6. The maximum absolute atomic E-state index is 6.30. The molecule has 1 unspecified atom stereocenters. The number of rotatable bonds is 9. The van der Waals surface area contributed by atoms with Crippen LogP contribution in [0.5, 0.6) is 0 Å². The van der Waals surface area contributed by atoms with Gasteiger partial charge in [0.2, 0.25) is 0 Å². The minimum atomic E-state index is -0.0860. The van der Waals surface area contributed by atoms with Crippen molar-refractivity contribution in [1.82, 2.24) is 5.16 Å². The third-order valence-electron chi connectivity index (χ3n) is 6.42. The monoisotopic (exact) mass is 474 g/mol. The average Bonchev–Trinajstić information content (AvgIpc) is 3.19. The topological polar surface area (TPSA) is 57.0 Å². The molecule has 1 aliphatic heterocycles. The van der Waals surface area contributed by atoms with E-state index in [1.54, 1.807) is 7.11 Å². The summed E-state index contributed by atoms with van der Waals surface area (Å²) in [5, 5.41) is 4.27. The molecule has 0 saturated heterocycles. The number of benzene rings is 2. The van der Waals surface area contributed by atoms with Gasteiger partial charge < -0.3 is 23.6 Å². The summed E-state index contributed by atoms with van der Waals surface area (Å²) >= 11 is 0. The quantitative estimate of drug-likeness (QED) is 0.345. The van der Waals surface area contributed by atoms with Crippen LogP contribution in [0.4, 0.5) is 5.82 Å². The van der Waals surface area contributed by atoms with E-state index in [0.29, 0.717) is 19.8 Å². The zero-order valence-electron chi connectivity index (χ0n) is 21.4. The van der Waals surface area contributed by atoms with Crippen LogP contribution in [0, 0.1) is 13.8 Å². The molecule has 0 radical (unpaired) electrons. The van der Waals surface area contributed by atoms with Crippen LogP contribution in [0.2, 0.25) is 0 Å². The molecule has 0 saturated carbocycles. The Labute approximate surface area is 207 Å². The van der Waals surface area contributed by atoms with E-state index < -0.39 is 0 Å². The van der Waals surface area contributed by atoms with Gasteiger partial charge in [-0.25, -0.2) is 0 Å². The van der Waals surface area contributed by atoms with Gasteiger partial charge >= 0.3 is 0 Å². The van der Waals surface area contributed by atoms with Crippen molar-refractivity contribution in [2.24, 2.45) is 0 Å². The van der Waals surface area contributed by atoms with Crippen LogP contribution in [0.25, 0.3) is 11.1 Å². The number of ether oxygens (including phenoxy) is 3. The van der Waals surface area contributed by atoms with E-state index in [1.165, 1.54) is 11.1 Å². The van der Waals surface area contributed by atoms with Crippen molar-refractivity contribution in [3.05, 3.63) is 94.3 Å². The van der Waals surface area contributed by atoms with E-state index in [1.807, 2.05) is 39.8 Å². The third-order valence-corrected chi connectivity index (χ3v) is 6.42. The fourth-order valence-corrected chi connectivity index (χ4v) is 4.45. The van der Waals surface area contributed by atoms with E-state index in [-0.39, 0.29) is 6.04 Å². The van der Waals surface area contributed by atoms with Gasteiger partial charge in [0.05, 0.1) is 19.8 Å². The van der Waals surface area contributed by atoms with Crippen LogP contribution in [-0.4, -0.2) is 24.9 Å². The molecule has 0 spiro atoms. The summed E-state index contributed by atoms with van der Waals surface area (Å²) in [5.74, 6) is 3.09. The lowest BCUT2D eigenvalue weighted by Gasteiger charge is -2.35. The normalized spacial score (nSPS) is 15.9. The summed E-state index contributed by atoms with van der Waals surface area (Å²) < 4.78 is 23.3. The van der Waals surface area contributed by atoms with Crippen LogP contribution >= 0.6 is 0 Å². The van der Waals surface area contributed by atoms with Crippen molar-refractivity contribution in [2.75, 3.05) is 18.6 Å².